The maximum Gasteiger partial charge on any atom is 0.404 e. The highest BCUT2D eigenvalue weighted by Crippen LogP contribution is 2.09. The zero-order chi connectivity index (χ0) is 9.84. The lowest BCUT2D eigenvalue weighted by Gasteiger charge is -2.04. The lowest BCUT2D eigenvalue weighted by molar-refractivity contribution is 0.194. The molecule has 0 spiro atoms. The van der Waals surface area contributed by atoms with Gasteiger partial charge in [-0.05, 0) is 30.5 Å². The summed E-state index contributed by atoms with van der Waals surface area (Å²) in [6.07, 6.45) is -0.988. The lowest BCUT2D eigenvalue weighted by Crippen LogP contribution is -2.19. The second kappa shape index (κ2) is 3.94. The van der Waals surface area contributed by atoms with E-state index in [2.05, 4.69) is 5.32 Å². The monoisotopic (exact) mass is 179 g/mol. The average molecular weight is 179 g/mol. The second-order valence-electron chi connectivity index (χ2n) is 3.08. The van der Waals surface area contributed by atoms with E-state index in [0.717, 1.165) is 5.56 Å². The molecule has 0 aliphatic carbocycles. The van der Waals surface area contributed by atoms with Gasteiger partial charge in [-0.25, -0.2) is 4.79 Å². The van der Waals surface area contributed by atoms with Crippen molar-refractivity contribution in [1.29, 1.82) is 0 Å². The molecule has 0 fully saturated rings. The van der Waals surface area contributed by atoms with Crippen LogP contribution < -0.4 is 5.32 Å². The normalized spacial score (nSPS) is 9.69. The topological polar surface area (TPSA) is 49.3 Å². The summed E-state index contributed by atoms with van der Waals surface area (Å²) in [5.74, 6) is 0. The van der Waals surface area contributed by atoms with Crippen LogP contribution in [0.2, 0.25) is 0 Å². The van der Waals surface area contributed by atoms with E-state index in [0.29, 0.717) is 6.54 Å². The molecule has 0 aliphatic heterocycles. The Morgan fingerprint density at radius 2 is 2.08 bits per heavy atom. The molecule has 1 aromatic carbocycles. The van der Waals surface area contributed by atoms with E-state index < -0.39 is 6.09 Å². The molecule has 0 radical (unpaired) electrons. The van der Waals surface area contributed by atoms with Gasteiger partial charge in [0.25, 0.3) is 0 Å². The van der Waals surface area contributed by atoms with Crippen LogP contribution in [0.3, 0.4) is 0 Å². The van der Waals surface area contributed by atoms with Gasteiger partial charge in [0.1, 0.15) is 0 Å². The SMILES string of the molecule is Cc1ccc(CNC(=O)O)cc1C. The fraction of sp³-hybridized carbons (Fsp3) is 0.300. The zero-order valence-electron chi connectivity index (χ0n) is 7.79. The van der Waals surface area contributed by atoms with E-state index in [9.17, 15) is 4.79 Å². The summed E-state index contributed by atoms with van der Waals surface area (Å²) in [5, 5.41) is 10.7. The Bertz CT molecular complexity index is 321. The van der Waals surface area contributed by atoms with Crippen molar-refractivity contribution in [2.45, 2.75) is 20.4 Å². The summed E-state index contributed by atoms with van der Waals surface area (Å²) in [5.41, 5.74) is 3.40. The first kappa shape index (κ1) is 9.58. The first-order valence-electron chi connectivity index (χ1n) is 4.12. The van der Waals surface area contributed by atoms with Crippen molar-refractivity contribution in [1.82, 2.24) is 5.32 Å². The Morgan fingerprint density at radius 3 is 2.62 bits per heavy atom. The Kier molecular flexibility index (Phi) is 2.90. The summed E-state index contributed by atoms with van der Waals surface area (Å²) in [4.78, 5) is 10.2. The van der Waals surface area contributed by atoms with Crippen LogP contribution in [0, 0.1) is 13.8 Å². The maximum atomic E-state index is 10.2. The summed E-state index contributed by atoms with van der Waals surface area (Å²) in [6, 6.07) is 5.91. The third kappa shape index (κ3) is 2.78. The molecule has 3 heteroatoms. The third-order valence-electron chi connectivity index (χ3n) is 2.02. The first-order valence-corrected chi connectivity index (χ1v) is 4.12. The van der Waals surface area contributed by atoms with Gasteiger partial charge >= 0.3 is 6.09 Å². The van der Waals surface area contributed by atoms with Gasteiger partial charge in [-0.3, -0.25) is 0 Å². The van der Waals surface area contributed by atoms with Crippen LogP contribution in [-0.4, -0.2) is 11.2 Å². The lowest BCUT2D eigenvalue weighted by atomic mass is 10.1. The minimum atomic E-state index is -0.988. The Balaban J connectivity index is 2.68. The van der Waals surface area contributed by atoms with E-state index in [-0.39, 0.29) is 0 Å². The number of nitrogens with one attached hydrogen (secondary N) is 1. The standard InChI is InChI=1S/C10H13NO2/c1-7-3-4-9(5-8(7)2)6-11-10(12)13/h3-5,11H,6H2,1-2H3,(H,12,13). The van der Waals surface area contributed by atoms with E-state index in [1.54, 1.807) is 0 Å². The Hall–Kier alpha value is -1.51. The van der Waals surface area contributed by atoms with E-state index >= 15 is 0 Å². The highest BCUT2D eigenvalue weighted by atomic mass is 16.4. The van der Waals surface area contributed by atoms with Crippen LogP contribution >= 0.6 is 0 Å². The number of benzene rings is 1. The molecule has 2 N–H and O–H groups in total. The van der Waals surface area contributed by atoms with Crippen molar-refractivity contribution >= 4 is 6.09 Å². The van der Waals surface area contributed by atoms with Crippen LogP contribution in [0.25, 0.3) is 0 Å². The number of hydrogen-bond donors (Lipinski definition) is 2. The van der Waals surface area contributed by atoms with Gasteiger partial charge < -0.3 is 10.4 Å². The zero-order valence-corrected chi connectivity index (χ0v) is 7.79. The summed E-state index contributed by atoms with van der Waals surface area (Å²) >= 11 is 0. The fourth-order valence-electron chi connectivity index (χ4n) is 1.09. The van der Waals surface area contributed by atoms with Crippen molar-refractivity contribution in [3.63, 3.8) is 0 Å². The molecule has 0 aromatic heterocycles. The van der Waals surface area contributed by atoms with Crippen LogP contribution in [-0.2, 0) is 6.54 Å². The number of carboxylic acid groups (broad SMARTS) is 1. The summed E-state index contributed by atoms with van der Waals surface area (Å²) in [6.45, 7) is 4.42. The maximum absolute atomic E-state index is 10.2. The van der Waals surface area contributed by atoms with E-state index in [1.165, 1.54) is 11.1 Å². The van der Waals surface area contributed by atoms with Crippen LogP contribution in [0.5, 0.6) is 0 Å². The quantitative estimate of drug-likeness (QED) is 0.730. The number of amides is 1. The fourth-order valence-corrected chi connectivity index (χ4v) is 1.09. The van der Waals surface area contributed by atoms with E-state index in [1.807, 2.05) is 32.0 Å². The highest BCUT2D eigenvalue weighted by molar-refractivity contribution is 5.64. The molecule has 0 unspecified atom stereocenters. The van der Waals surface area contributed by atoms with Gasteiger partial charge in [0, 0.05) is 6.54 Å². The van der Waals surface area contributed by atoms with E-state index in [4.69, 9.17) is 5.11 Å². The predicted octanol–water partition coefficient (Wildman–Crippen LogP) is 2.07. The van der Waals surface area contributed by atoms with Crippen LogP contribution in [0.4, 0.5) is 4.79 Å². The Labute approximate surface area is 77.4 Å². The third-order valence-corrected chi connectivity index (χ3v) is 2.02. The second-order valence-corrected chi connectivity index (χ2v) is 3.08. The molecule has 70 valence electrons. The van der Waals surface area contributed by atoms with Gasteiger partial charge in [-0.2, -0.15) is 0 Å². The molecule has 1 aromatic rings. The largest absolute Gasteiger partial charge is 0.465 e. The first-order chi connectivity index (χ1) is 6.09. The molecule has 13 heavy (non-hydrogen) atoms. The van der Waals surface area contributed by atoms with Crippen molar-refractivity contribution in [3.05, 3.63) is 34.9 Å². The molecule has 0 saturated heterocycles. The van der Waals surface area contributed by atoms with Gasteiger partial charge in [0.05, 0.1) is 0 Å². The molecule has 0 bridgehead atoms. The highest BCUT2D eigenvalue weighted by Gasteiger charge is 1.98. The number of rotatable bonds is 2. The number of hydrogen-bond acceptors (Lipinski definition) is 1. The summed E-state index contributed by atoms with van der Waals surface area (Å²) in [7, 11) is 0. The average Bonchev–Trinajstić information content (AvgIpc) is 2.07. The predicted molar refractivity (Wildman–Crippen MR) is 50.8 cm³/mol. The van der Waals surface area contributed by atoms with Gasteiger partial charge in [0.15, 0.2) is 0 Å². The van der Waals surface area contributed by atoms with Gasteiger partial charge in [-0.15, -0.1) is 0 Å². The van der Waals surface area contributed by atoms with Gasteiger partial charge in [0.2, 0.25) is 0 Å². The van der Waals surface area contributed by atoms with Crippen molar-refractivity contribution < 1.29 is 9.90 Å². The Morgan fingerprint density at radius 1 is 1.38 bits per heavy atom. The van der Waals surface area contributed by atoms with Crippen molar-refractivity contribution in [2.75, 3.05) is 0 Å². The number of carbonyl (C=O) groups is 1. The molecular weight excluding hydrogens is 166 g/mol. The summed E-state index contributed by atoms with van der Waals surface area (Å²) < 4.78 is 0. The molecule has 1 amide bonds. The van der Waals surface area contributed by atoms with Crippen LogP contribution in [0.1, 0.15) is 16.7 Å². The smallest absolute Gasteiger partial charge is 0.404 e. The molecule has 3 nitrogen and oxygen atoms in total. The van der Waals surface area contributed by atoms with Gasteiger partial charge in [-0.1, -0.05) is 18.2 Å². The minimum Gasteiger partial charge on any atom is -0.465 e. The molecule has 1 rings (SSSR count). The minimum absolute atomic E-state index is 0.371. The van der Waals surface area contributed by atoms with Crippen molar-refractivity contribution in [3.8, 4) is 0 Å². The molecular formula is C10H13NO2. The molecule has 0 saturated carbocycles. The van der Waals surface area contributed by atoms with Crippen molar-refractivity contribution in [2.24, 2.45) is 0 Å². The molecule has 0 atom stereocenters. The van der Waals surface area contributed by atoms with Crippen LogP contribution in [0.15, 0.2) is 18.2 Å². The molecule has 0 heterocycles. The number of aryl methyl sites for hydroxylation is 2. The molecule has 0 aliphatic rings.